The molecule has 3 aromatic rings. The number of benzene rings is 2. The number of aromatic amines is 1. The minimum absolute atomic E-state index is 0.296. The molecule has 2 aromatic carbocycles. The zero-order chi connectivity index (χ0) is 18.4. The molecule has 0 radical (unpaired) electrons. The van der Waals surface area contributed by atoms with Gasteiger partial charge in [-0.3, -0.25) is 0 Å². The van der Waals surface area contributed by atoms with Gasteiger partial charge < -0.3 is 10.3 Å². The number of unbranched alkanes of at least 4 members (excludes halogenated alkanes) is 1. The molecular weight excluding hydrogens is 318 g/mol. The van der Waals surface area contributed by atoms with Gasteiger partial charge in [0.1, 0.15) is 5.82 Å². The molecule has 0 bridgehead atoms. The lowest BCUT2D eigenvalue weighted by atomic mass is 10.0. The molecule has 0 saturated heterocycles. The monoisotopic (exact) mass is 347 g/mol. The van der Waals surface area contributed by atoms with Crippen molar-refractivity contribution in [3.05, 3.63) is 77.2 Å². The molecule has 26 heavy (non-hydrogen) atoms. The van der Waals surface area contributed by atoms with Gasteiger partial charge in [-0.2, -0.15) is 0 Å². The quantitative estimate of drug-likeness (QED) is 0.571. The summed E-state index contributed by atoms with van der Waals surface area (Å²) in [6.07, 6.45) is 6.49. The van der Waals surface area contributed by atoms with Crippen LogP contribution in [0.15, 0.2) is 54.7 Å². The third-order valence-corrected chi connectivity index (χ3v) is 4.90. The van der Waals surface area contributed by atoms with Gasteiger partial charge in [0.05, 0.1) is 11.7 Å². The van der Waals surface area contributed by atoms with Gasteiger partial charge in [0.15, 0.2) is 0 Å². The molecule has 0 spiro atoms. The van der Waals surface area contributed by atoms with Crippen LogP contribution in [0.1, 0.15) is 54.7 Å². The summed E-state index contributed by atoms with van der Waals surface area (Å²) >= 11 is 0. The number of hydrogen-bond donors (Lipinski definition) is 2. The highest BCUT2D eigenvalue weighted by atomic mass is 15.0. The number of nitrogens with one attached hydrogen (secondary N) is 2. The van der Waals surface area contributed by atoms with Crippen molar-refractivity contribution in [1.29, 1.82) is 0 Å². The highest BCUT2D eigenvalue weighted by Crippen LogP contribution is 2.23. The van der Waals surface area contributed by atoms with Crippen molar-refractivity contribution < 1.29 is 0 Å². The maximum Gasteiger partial charge on any atom is 0.123 e. The Morgan fingerprint density at radius 2 is 1.65 bits per heavy atom. The topological polar surface area (TPSA) is 40.7 Å². The molecule has 3 heteroatoms. The molecular formula is C23H29N3. The van der Waals surface area contributed by atoms with Crippen molar-refractivity contribution in [2.75, 3.05) is 7.05 Å². The van der Waals surface area contributed by atoms with E-state index in [0.29, 0.717) is 6.04 Å². The Labute approximate surface area is 156 Å². The van der Waals surface area contributed by atoms with E-state index in [1.807, 2.05) is 13.2 Å². The van der Waals surface area contributed by atoms with Crippen molar-refractivity contribution in [3.8, 4) is 11.3 Å². The maximum absolute atomic E-state index is 4.81. The predicted molar refractivity (Wildman–Crippen MR) is 109 cm³/mol. The highest BCUT2D eigenvalue weighted by molar-refractivity contribution is 5.59. The zero-order valence-corrected chi connectivity index (χ0v) is 16.0. The Hall–Kier alpha value is -2.39. The average Bonchev–Trinajstić information content (AvgIpc) is 3.15. The lowest BCUT2D eigenvalue weighted by molar-refractivity contribution is 0.502. The first-order valence-electron chi connectivity index (χ1n) is 9.57. The molecule has 0 aliphatic heterocycles. The molecule has 0 saturated carbocycles. The molecule has 1 unspecified atom stereocenters. The van der Waals surface area contributed by atoms with Crippen LogP contribution in [0.25, 0.3) is 11.3 Å². The van der Waals surface area contributed by atoms with Gasteiger partial charge in [0.2, 0.25) is 0 Å². The van der Waals surface area contributed by atoms with Gasteiger partial charge in [-0.25, -0.2) is 4.98 Å². The fourth-order valence-electron chi connectivity index (χ4n) is 3.22. The van der Waals surface area contributed by atoms with Crippen LogP contribution in [-0.2, 0) is 6.42 Å². The molecule has 1 heterocycles. The van der Waals surface area contributed by atoms with Crippen LogP contribution in [0.3, 0.4) is 0 Å². The molecule has 3 nitrogen and oxygen atoms in total. The first-order chi connectivity index (χ1) is 12.7. The van der Waals surface area contributed by atoms with Crippen LogP contribution < -0.4 is 5.32 Å². The van der Waals surface area contributed by atoms with Gasteiger partial charge in [-0.1, -0.05) is 73.9 Å². The SMILES string of the molecule is CCCCC(NC)c1nc(-c2ccc(Cc3ccc(C)cc3)cc2)c[nH]1. The zero-order valence-electron chi connectivity index (χ0n) is 16.0. The van der Waals surface area contributed by atoms with E-state index in [1.165, 1.54) is 29.5 Å². The normalized spacial score (nSPS) is 12.3. The fraction of sp³-hybridized carbons (Fsp3) is 0.348. The Bertz CT molecular complexity index is 800. The van der Waals surface area contributed by atoms with Crippen molar-refractivity contribution in [2.24, 2.45) is 0 Å². The largest absolute Gasteiger partial charge is 0.347 e. The number of H-pyrrole nitrogens is 1. The minimum Gasteiger partial charge on any atom is -0.347 e. The summed E-state index contributed by atoms with van der Waals surface area (Å²) in [5.74, 6) is 1.03. The Balaban J connectivity index is 1.69. The average molecular weight is 348 g/mol. The Morgan fingerprint density at radius 3 is 2.27 bits per heavy atom. The number of hydrogen-bond acceptors (Lipinski definition) is 2. The van der Waals surface area contributed by atoms with Gasteiger partial charge >= 0.3 is 0 Å². The van der Waals surface area contributed by atoms with Gasteiger partial charge in [0.25, 0.3) is 0 Å². The fourth-order valence-corrected chi connectivity index (χ4v) is 3.22. The van der Waals surface area contributed by atoms with Crippen LogP contribution in [0.5, 0.6) is 0 Å². The second-order valence-electron chi connectivity index (χ2n) is 7.01. The summed E-state index contributed by atoms with van der Waals surface area (Å²) in [6, 6.07) is 17.8. The summed E-state index contributed by atoms with van der Waals surface area (Å²) in [7, 11) is 2.00. The van der Waals surface area contributed by atoms with E-state index in [-0.39, 0.29) is 0 Å². The van der Waals surface area contributed by atoms with Crippen LogP contribution in [0, 0.1) is 6.92 Å². The lowest BCUT2D eigenvalue weighted by Crippen LogP contribution is -2.17. The molecule has 0 fully saturated rings. The summed E-state index contributed by atoms with van der Waals surface area (Å²) in [5.41, 5.74) is 6.14. The number of rotatable bonds is 8. The van der Waals surface area contributed by atoms with Crippen molar-refractivity contribution in [3.63, 3.8) is 0 Å². The summed E-state index contributed by atoms with van der Waals surface area (Å²) in [5, 5.41) is 3.36. The summed E-state index contributed by atoms with van der Waals surface area (Å²) in [6.45, 7) is 4.34. The number of nitrogens with zero attached hydrogens (tertiary/aromatic N) is 1. The molecule has 1 atom stereocenters. The lowest BCUT2D eigenvalue weighted by Gasteiger charge is -2.12. The molecule has 1 aromatic heterocycles. The van der Waals surface area contributed by atoms with Crippen LogP contribution in [-0.4, -0.2) is 17.0 Å². The molecule has 0 aliphatic rings. The predicted octanol–water partition coefficient (Wildman–Crippen LogP) is 5.43. The Morgan fingerprint density at radius 1 is 1.00 bits per heavy atom. The van der Waals surface area contributed by atoms with Gasteiger partial charge in [-0.15, -0.1) is 0 Å². The van der Waals surface area contributed by atoms with E-state index < -0.39 is 0 Å². The van der Waals surface area contributed by atoms with Crippen LogP contribution >= 0.6 is 0 Å². The first-order valence-corrected chi connectivity index (χ1v) is 9.57. The van der Waals surface area contributed by atoms with Gasteiger partial charge in [-0.05, 0) is 37.9 Å². The third kappa shape index (κ3) is 4.61. The smallest absolute Gasteiger partial charge is 0.123 e. The van der Waals surface area contributed by atoms with E-state index in [1.54, 1.807) is 0 Å². The second-order valence-corrected chi connectivity index (χ2v) is 7.01. The van der Waals surface area contributed by atoms with Crippen molar-refractivity contribution in [2.45, 2.75) is 45.6 Å². The maximum atomic E-state index is 4.81. The minimum atomic E-state index is 0.296. The van der Waals surface area contributed by atoms with E-state index in [4.69, 9.17) is 4.98 Å². The molecule has 0 amide bonds. The van der Waals surface area contributed by atoms with E-state index in [0.717, 1.165) is 29.9 Å². The summed E-state index contributed by atoms with van der Waals surface area (Å²) < 4.78 is 0. The van der Waals surface area contributed by atoms with Gasteiger partial charge in [0, 0.05) is 11.8 Å². The van der Waals surface area contributed by atoms with E-state index >= 15 is 0 Å². The van der Waals surface area contributed by atoms with Crippen LogP contribution in [0.2, 0.25) is 0 Å². The third-order valence-electron chi connectivity index (χ3n) is 4.90. The molecule has 136 valence electrons. The van der Waals surface area contributed by atoms with Crippen molar-refractivity contribution >= 4 is 0 Å². The van der Waals surface area contributed by atoms with E-state index in [2.05, 4.69) is 72.7 Å². The highest BCUT2D eigenvalue weighted by Gasteiger charge is 2.13. The van der Waals surface area contributed by atoms with Crippen molar-refractivity contribution in [1.82, 2.24) is 15.3 Å². The Kier molecular flexibility index (Phi) is 6.24. The second kappa shape index (κ2) is 8.81. The van der Waals surface area contributed by atoms with Crippen LogP contribution in [0.4, 0.5) is 0 Å². The standard InChI is InChI=1S/C23H29N3/c1-4-5-6-21(24-3)23-25-16-22(26-23)20-13-11-19(12-14-20)15-18-9-7-17(2)8-10-18/h7-14,16,21,24H,4-6,15H2,1-3H3,(H,25,26). The molecule has 2 N–H and O–H groups in total. The molecule has 3 rings (SSSR count). The number of imidazole rings is 1. The number of aryl methyl sites for hydroxylation is 1. The first kappa shape index (κ1) is 18.4. The summed E-state index contributed by atoms with van der Waals surface area (Å²) in [4.78, 5) is 8.16. The molecule has 0 aliphatic carbocycles. The number of aromatic nitrogens is 2. The van der Waals surface area contributed by atoms with E-state index in [9.17, 15) is 0 Å².